The summed E-state index contributed by atoms with van der Waals surface area (Å²) in [4.78, 5) is 0.316. The van der Waals surface area contributed by atoms with Gasteiger partial charge in [0.15, 0.2) is 0 Å². The summed E-state index contributed by atoms with van der Waals surface area (Å²) in [5.74, 6) is 0.726. The van der Waals surface area contributed by atoms with Crippen molar-refractivity contribution in [3.05, 3.63) is 29.8 Å². The summed E-state index contributed by atoms with van der Waals surface area (Å²) in [6.45, 7) is 0.683. The van der Waals surface area contributed by atoms with Crippen LogP contribution in [0.15, 0.2) is 29.2 Å². The maximum absolute atomic E-state index is 12.0. The molecule has 4 nitrogen and oxygen atoms in total. The zero-order valence-corrected chi connectivity index (χ0v) is 11.8. The predicted octanol–water partition coefficient (Wildman–Crippen LogP) is 1.69. The van der Waals surface area contributed by atoms with Crippen molar-refractivity contribution >= 4 is 10.0 Å². The minimum absolute atomic E-state index is 0.156. The van der Waals surface area contributed by atoms with Crippen molar-refractivity contribution < 1.29 is 13.5 Å². The van der Waals surface area contributed by atoms with Gasteiger partial charge in [-0.05, 0) is 42.9 Å². The highest BCUT2D eigenvalue weighted by atomic mass is 32.2. The van der Waals surface area contributed by atoms with Gasteiger partial charge in [0.1, 0.15) is 0 Å². The first-order valence-electron chi connectivity index (χ1n) is 6.81. The van der Waals surface area contributed by atoms with Gasteiger partial charge in [-0.1, -0.05) is 25.0 Å². The van der Waals surface area contributed by atoms with Crippen LogP contribution in [0.3, 0.4) is 0 Å². The maximum Gasteiger partial charge on any atom is 0.240 e. The molecule has 0 saturated heterocycles. The van der Waals surface area contributed by atoms with Gasteiger partial charge >= 0.3 is 0 Å². The minimum Gasteiger partial charge on any atom is -0.396 e. The highest BCUT2D eigenvalue weighted by Crippen LogP contribution is 2.31. The molecule has 1 aliphatic carbocycles. The van der Waals surface area contributed by atoms with Crippen molar-refractivity contribution in [3.63, 3.8) is 0 Å². The Hall–Kier alpha value is -0.910. The summed E-state index contributed by atoms with van der Waals surface area (Å²) in [6.07, 6.45) is 4.88. The van der Waals surface area contributed by atoms with Gasteiger partial charge in [0.05, 0.1) is 4.90 Å². The molecule has 5 heteroatoms. The van der Waals surface area contributed by atoms with Crippen LogP contribution in [-0.2, 0) is 16.4 Å². The third-order valence-corrected chi connectivity index (χ3v) is 4.88. The van der Waals surface area contributed by atoms with Gasteiger partial charge in [-0.25, -0.2) is 13.1 Å². The van der Waals surface area contributed by atoms with Crippen molar-refractivity contribution in [2.45, 2.75) is 37.0 Å². The summed E-state index contributed by atoms with van der Waals surface area (Å²) in [5.41, 5.74) is 1.05. The lowest BCUT2D eigenvalue weighted by Gasteiger charge is -2.07. The Morgan fingerprint density at radius 3 is 2.47 bits per heavy atom. The van der Waals surface area contributed by atoms with E-state index in [0.717, 1.165) is 24.3 Å². The number of aliphatic hydroxyl groups is 1. The van der Waals surface area contributed by atoms with Crippen molar-refractivity contribution in [1.82, 2.24) is 4.72 Å². The van der Waals surface area contributed by atoms with E-state index in [-0.39, 0.29) is 6.61 Å². The standard InChI is InChI=1S/C14H21NO3S/c16-11-1-2-12-5-7-14(8-6-12)19(17,18)15-10-9-13-3-4-13/h5-8,13,15-16H,1-4,9-11H2. The van der Waals surface area contributed by atoms with E-state index >= 15 is 0 Å². The molecule has 1 saturated carbocycles. The molecule has 106 valence electrons. The number of aliphatic hydroxyl groups excluding tert-OH is 1. The zero-order valence-electron chi connectivity index (χ0n) is 11.0. The van der Waals surface area contributed by atoms with Crippen LogP contribution in [-0.4, -0.2) is 26.7 Å². The number of nitrogens with one attached hydrogen (secondary N) is 1. The first-order chi connectivity index (χ1) is 9.12. The van der Waals surface area contributed by atoms with Crippen LogP contribution in [0.1, 0.15) is 31.2 Å². The lowest BCUT2D eigenvalue weighted by molar-refractivity contribution is 0.288. The van der Waals surface area contributed by atoms with Gasteiger partial charge in [0, 0.05) is 13.2 Å². The lowest BCUT2D eigenvalue weighted by Crippen LogP contribution is -2.25. The second-order valence-electron chi connectivity index (χ2n) is 5.10. The number of sulfonamides is 1. The fourth-order valence-electron chi connectivity index (χ4n) is 2.01. The van der Waals surface area contributed by atoms with E-state index in [0.29, 0.717) is 17.9 Å². The third-order valence-electron chi connectivity index (χ3n) is 3.40. The second-order valence-corrected chi connectivity index (χ2v) is 6.87. The van der Waals surface area contributed by atoms with E-state index < -0.39 is 10.0 Å². The van der Waals surface area contributed by atoms with E-state index in [4.69, 9.17) is 5.11 Å². The summed E-state index contributed by atoms with van der Waals surface area (Å²) >= 11 is 0. The minimum atomic E-state index is -3.36. The summed E-state index contributed by atoms with van der Waals surface area (Å²) in [5, 5.41) is 8.75. The molecule has 1 aliphatic rings. The fourth-order valence-corrected chi connectivity index (χ4v) is 3.05. The van der Waals surface area contributed by atoms with Gasteiger partial charge in [-0.15, -0.1) is 0 Å². The average molecular weight is 283 g/mol. The fraction of sp³-hybridized carbons (Fsp3) is 0.571. The van der Waals surface area contributed by atoms with Crippen LogP contribution in [0.25, 0.3) is 0 Å². The van der Waals surface area contributed by atoms with E-state index in [1.165, 1.54) is 12.8 Å². The first-order valence-corrected chi connectivity index (χ1v) is 8.29. The van der Waals surface area contributed by atoms with Gasteiger partial charge in [0.2, 0.25) is 10.0 Å². The summed E-state index contributed by atoms with van der Waals surface area (Å²) in [6, 6.07) is 6.88. The average Bonchev–Trinajstić information content (AvgIpc) is 3.21. The van der Waals surface area contributed by atoms with Crippen LogP contribution in [0.2, 0.25) is 0 Å². The van der Waals surface area contributed by atoms with E-state index in [1.807, 2.05) is 12.1 Å². The highest BCUT2D eigenvalue weighted by molar-refractivity contribution is 7.89. The number of rotatable bonds is 8. The molecule has 2 rings (SSSR count). The second kappa shape index (κ2) is 6.50. The molecule has 0 bridgehead atoms. The van der Waals surface area contributed by atoms with E-state index in [2.05, 4.69) is 4.72 Å². The topological polar surface area (TPSA) is 66.4 Å². The Morgan fingerprint density at radius 2 is 1.89 bits per heavy atom. The molecule has 0 heterocycles. The van der Waals surface area contributed by atoms with Crippen molar-refractivity contribution in [2.75, 3.05) is 13.2 Å². The normalized spacial score (nSPS) is 15.6. The van der Waals surface area contributed by atoms with Gasteiger partial charge < -0.3 is 5.11 Å². The molecular weight excluding hydrogens is 262 g/mol. The SMILES string of the molecule is O=S(=O)(NCCC1CC1)c1ccc(CCCO)cc1. The number of hydrogen-bond donors (Lipinski definition) is 2. The third kappa shape index (κ3) is 4.60. The van der Waals surface area contributed by atoms with Crippen LogP contribution < -0.4 is 4.72 Å². The Bertz CT molecular complexity index is 492. The maximum atomic E-state index is 12.0. The smallest absolute Gasteiger partial charge is 0.240 e. The molecular formula is C14H21NO3S. The molecule has 0 atom stereocenters. The lowest BCUT2D eigenvalue weighted by atomic mass is 10.1. The molecule has 2 N–H and O–H groups in total. The molecule has 1 fully saturated rings. The molecule has 1 aromatic carbocycles. The monoisotopic (exact) mass is 283 g/mol. The van der Waals surface area contributed by atoms with Crippen molar-refractivity contribution in [3.8, 4) is 0 Å². The van der Waals surface area contributed by atoms with Crippen LogP contribution in [0, 0.1) is 5.92 Å². The molecule has 0 aliphatic heterocycles. The molecule has 19 heavy (non-hydrogen) atoms. The number of aryl methyl sites for hydroxylation is 1. The molecule has 0 radical (unpaired) electrons. The predicted molar refractivity (Wildman–Crippen MR) is 74.4 cm³/mol. The molecule has 0 unspecified atom stereocenters. The number of benzene rings is 1. The first kappa shape index (κ1) is 14.5. The van der Waals surface area contributed by atoms with E-state index in [1.54, 1.807) is 12.1 Å². The summed E-state index contributed by atoms with van der Waals surface area (Å²) < 4.78 is 26.7. The summed E-state index contributed by atoms with van der Waals surface area (Å²) in [7, 11) is -3.36. The van der Waals surface area contributed by atoms with Gasteiger partial charge in [-0.3, -0.25) is 0 Å². The largest absolute Gasteiger partial charge is 0.396 e. The quantitative estimate of drug-likeness (QED) is 0.763. The highest BCUT2D eigenvalue weighted by Gasteiger charge is 2.22. The molecule has 1 aromatic rings. The molecule has 0 spiro atoms. The Balaban J connectivity index is 1.90. The Kier molecular flexibility index (Phi) is 4.96. The van der Waals surface area contributed by atoms with E-state index in [9.17, 15) is 8.42 Å². The van der Waals surface area contributed by atoms with Crippen LogP contribution in [0.4, 0.5) is 0 Å². The van der Waals surface area contributed by atoms with Crippen molar-refractivity contribution in [1.29, 1.82) is 0 Å². The molecule has 0 aromatic heterocycles. The van der Waals surface area contributed by atoms with Gasteiger partial charge in [-0.2, -0.15) is 0 Å². The van der Waals surface area contributed by atoms with Gasteiger partial charge in [0.25, 0.3) is 0 Å². The Morgan fingerprint density at radius 1 is 1.21 bits per heavy atom. The number of hydrogen-bond acceptors (Lipinski definition) is 3. The Labute approximate surface area is 114 Å². The zero-order chi connectivity index (χ0) is 13.7. The van der Waals surface area contributed by atoms with Crippen molar-refractivity contribution in [2.24, 2.45) is 5.92 Å². The molecule has 0 amide bonds. The van der Waals surface area contributed by atoms with Crippen LogP contribution in [0.5, 0.6) is 0 Å². The van der Waals surface area contributed by atoms with Crippen LogP contribution >= 0.6 is 0 Å².